The van der Waals surface area contributed by atoms with Crippen LogP contribution in [0.5, 0.6) is 0 Å². The summed E-state index contributed by atoms with van der Waals surface area (Å²) >= 11 is 0. The van der Waals surface area contributed by atoms with Gasteiger partial charge in [-0.2, -0.15) is 0 Å². The minimum atomic E-state index is -0.386. The van der Waals surface area contributed by atoms with E-state index in [1.54, 1.807) is 12.2 Å². The smallest absolute Gasteiger partial charge is 0.139 e. The number of nitrogens with one attached hydrogen (secondary N) is 1. The highest BCUT2D eigenvalue weighted by Gasteiger charge is 2.21. The predicted molar refractivity (Wildman–Crippen MR) is 144 cm³/mol. The van der Waals surface area contributed by atoms with Crippen LogP contribution in [0.15, 0.2) is 67.0 Å². The second kappa shape index (κ2) is 12.1. The lowest BCUT2D eigenvalue weighted by Gasteiger charge is -2.15. The average molecular weight is 461 g/mol. The second-order valence-corrected chi connectivity index (χ2v) is 8.51. The van der Waals surface area contributed by atoms with Crippen LogP contribution in [-0.2, 0) is 6.42 Å². The molecule has 0 radical (unpaired) electrons. The Morgan fingerprint density at radius 3 is 2.44 bits per heavy atom. The minimum Gasteiger partial charge on any atom is -0.383 e. The van der Waals surface area contributed by atoms with Gasteiger partial charge in [-0.05, 0) is 49.8 Å². The standard InChI is InChI=1S/C29H37FN4/c1-9-13-19(7)21(12-4)25-17-32-29(31)24(27(25)30)16-26-33-20(8)28(34-26)23(15-11-3)22(14-10-2)18(5)6/h9,11-15,17-18H,1,3,10,16H2,2,4-8H3,(H2,31,32)(H,33,34)/b19-13-,21-12+,22-14+,23-15-. The zero-order valence-corrected chi connectivity index (χ0v) is 21.3. The fourth-order valence-electron chi connectivity index (χ4n) is 4.10. The molecule has 4 nitrogen and oxygen atoms in total. The zero-order valence-electron chi connectivity index (χ0n) is 21.3. The van der Waals surface area contributed by atoms with E-state index in [9.17, 15) is 0 Å². The molecule has 2 aromatic heterocycles. The van der Waals surface area contributed by atoms with Gasteiger partial charge >= 0.3 is 0 Å². The molecule has 0 saturated heterocycles. The quantitative estimate of drug-likeness (QED) is 0.360. The molecule has 2 heterocycles. The summed E-state index contributed by atoms with van der Waals surface area (Å²) in [6, 6.07) is 0. The Labute approximate surface area is 203 Å². The van der Waals surface area contributed by atoms with E-state index in [1.165, 1.54) is 11.8 Å². The number of halogens is 1. The number of pyridine rings is 1. The number of nitrogens with two attached hydrogens (primary N) is 1. The number of hydrogen-bond donors (Lipinski definition) is 2. The highest BCUT2D eigenvalue weighted by atomic mass is 19.1. The number of H-pyrrole nitrogens is 1. The van der Waals surface area contributed by atoms with Gasteiger partial charge in [-0.15, -0.1) is 0 Å². The fourth-order valence-corrected chi connectivity index (χ4v) is 4.10. The van der Waals surface area contributed by atoms with E-state index in [0.717, 1.165) is 34.5 Å². The summed E-state index contributed by atoms with van der Waals surface area (Å²) in [5.74, 6) is 0.731. The predicted octanol–water partition coefficient (Wildman–Crippen LogP) is 7.52. The molecule has 0 amide bonds. The maximum atomic E-state index is 15.7. The normalized spacial score (nSPS) is 13.5. The van der Waals surface area contributed by atoms with Crippen LogP contribution in [0.1, 0.15) is 69.4 Å². The maximum absolute atomic E-state index is 15.7. The van der Waals surface area contributed by atoms with E-state index in [-0.39, 0.29) is 18.1 Å². The monoisotopic (exact) mass is 460 g/mol. The first-order valence-electron chi connectivity index (χ1n) is 11.7. The van der Waals surface area contributed by atoms with Gasteiger partial charge in [0.2, 0.25) is 0 Å². The van der Waals surface area contributed by atoms with Crippen molar-refractivity contribution in [2.24, 2.45) is 5.92 Å². The molecule has 0 spiro atoms. The van der Waals surface area contributed by atoms with E-state index in [0.29, 0.717) is 22.9 Å². The number of aromatic amines is 1. The van der Waals surface area contributed by atoms with Gasteiger partial charge in [-0.1, -0.05) is 70.4 Å². The first-order chi connectivity index (χ1) is 16.2. The van der Waals surface area contributed by atoms with Gasteiger partial charge in [0, 0.05) is 35.0 Å². The molecular formula is C29H37FN4. The molecule has 0 aliphatic rings. The third kappa shape index (κ3) is 5.90. The van der Waals surface area contributed by atoms with Crippen LogP contribution in [0.2, 0.25) is 0 Å². The molecule has 0 aliphatic carbocycles. The lowest BCUT2D eigenvalue weighted by atomic mass is 9.91. The Bertz CT molecular complexity index is 1170. The van der Waals surface area contributed by atoms with Crippen LogP contribution >= 0.6 is 0 Å². The van der Waals surface area contributed by atoms with Gasteiger partial charge in [0.25, 0.3) is 0 Å². The van der Waals surface area contributed by atoms with Gasteiger partial charge in [0.05, 0.1) is 5.69 Å². The van der Waals surface area contributed by atoms with E-state index in [4.69, 9.17) is 10.7 Å². The lowest BCUT2D eigenvalue weighted by molar-refractivity contribution is 0.607. The van der Waals surface area contributed by atoms with E-state index < -0.39 is 0 Å². The van der Waals surface area contributed by atoms with Crippen molar-refractivity contribution in [3.05, 3.63) is 101 Å². The fraction of sp³-hybridized carbons (Fsp3) is 0.310. The number of aromatic nitrogens is 3. The van der Waals surface area contributed by atoms with Gasteiger partial charge in [-0.3, -0.25) is 0 Å². The van der Waals surface area contributed by atoms with Gasteiger partial charge in [0.1, 0.15) is 17.5 Å². The molecule has 180 valence electrons. The summed E-state index contributed by atoms with van der Waals surface area (Å²) in [5, 5.41) is 0. The number of allylic oxidation sites excluding steroid dienone is 10. The maximum Gasteiger partial charge on any atom is 0.139 e. The van der Waals surface area contributed by atoms with Gasteiger partial charge in [0.15, 0.2) is 0 Å². The molecule has 34 heavy (non-hydrogen) atoms. The highest BCUT2D eigenvalue weighted by molar-refractivity contribution is 5.80. The Hall–Kier alpha value is -3.47. The van der Waals surface area contributed by atoms with Crippen molar-refractivity contribution in [3.63, 3.8) is 0 Å². The number of rotatable bonds is 10. The number of nitrogens with zero attached hydrogens (tertiary/aromatic N) is 2. The number of aryl methyl sites for hydroxylation is 1. The Balaban J connectivity index is 2.56. The van der Waals surface area contributed by atoms with Gasteiger partial charge < -0.3 is 10.7 Å². The SMILES string of the molecule is C=C/C=C(C)\C(=C/C)c1cnc(N)c(Cc2nc(C(=C\C=C)/C(=C/CC)C(C)C)c(C)[nH]2)c1F. The first kappa shape index (κ1) is 26.8. The molecule has 2 aromatic rings. The Kier molecular flexibility index (Phi) is 9.55. The first-order valence-corrected chi connectivity index (χ1v) is 11.7. The number of imidazole rings is 1. The van der Waals surface area contributed by atoms with Crippen LogP contribution in [0, 0.1) is 18.7 Å². The average Bonchev–Trinajstić information content (AvgIpc) is 3.15. The topological polar surface area (TPSA) is 67.6 Å². The van der Waals surface area contributed by atoms with E-state index in [2.05, 4.69) is 50.0 Å². The minimum absolute atomic E-state index is 0.160. The molecule has 2 rings (SSSR count). The molecule has 0 fully saturated rings. The molecule has 0 aliphatic heterocycles. The van der Waals surface area contributed by atoms with Crippen LogP contribution in [-0.4, -0.2) is 15.0 Å². The van der Waals surface area contributed by atoms with E-state index in [1.807, 2.05) is 39.0 Å². The Morgan fingerprint density at radius 2 is 1.88 bits per heavy atom. The number of anilines is 1. The second-order valence-electron chi connectivity index (χ2n) is 8.51. The molecule has 5 heteroatoms. The number of hydrogen-bond acceptors (Lipinski definition) is 3. The van der Waals surface area contributed by atoms with Crippen LogP contribution in [0.25, 0.3) is 11.1 Å². The summed E-state index contributed by atoms with van der Waals surface area (Å²) in [6.07, 6.45) is 14.0. The number of nitrogen functional groups attached to an aromatic ring is 1. The van der Waals surface area contributed by atoms with Gasteiger partial charge in [-0.25, -0.2) is 14.4 Å². The molecule has 0 saturated carbocycles. The third-order valence-electron chi connectivity index (χ3n) is 5.69. The highest BCUT2D eigenvalue weighted by Crippen LogP contribution is 2.32. The zero-order chi connectivity index (χ0) is 25.4. The Morgan fingerprint density at radius 1 is 1.21 bits per heavy atom. The van der Waals surface area contributed by atoms with Crippen molar-refractivity contribution in [1.82, 2.24) is 15.0 Å². The van der Waals surface area contributed by atoms with Crippen molar-refractivity contribution >= 4 is 17.0 Å². The van der Waals surface area contributed by atoms with Crippen LogP contribution in [0.4, 0.5) is 10.2 Å². The molecule has 3 N–H and O–H groups in total. The van der Waals surface area contributed by atoms with Crippen LogP contribution in [0.3, 0.4) is 0 Å². The molecule has 0 unspecified atom stereocenters. The largest absolute Gasteiger partial charge is 0.383 e. The summed E-state index contributed by atoms with van der Waals surface area (Å²) in [7, 11) is 0. The molecule has 0 atom stereocenters. The molecule has 0 aromatic carbocycles. The van der Waals surface area contributed by atoms with Crippen molar-refractivity contribution < 1.29 is 4.39 Å². The summed E-state index contributed by atoms with van der Waals surface area (Å²) in [5.41, 5.74) is 12.5. The van der Waals surface area contributed by atoms with Crippen LogP contribution < -0.4 is 5.73 Å². The summed E-state index contributed by atoms with van der Waals surface area (Å²) in [4.78, 5) is 12.5. The van der Waals surface area contributed by atoms with E-state index >= 15 is 4.39 Å². The molecular weight excluding hydrogens is 423 g/mol. The van der Waals surface area contributed by atoms with Crippen molar-refractivity contribution in [2.75, 3.05) is 5.73 Å². The van der Waals surface area contributed by atoms with Crippen molar-refractivity contribution in [3.8, 4) is 0 Å². The third-order valence-corrected chi connectivity index (χ3v) is 5.69. The van der Waals surface area contributed by atoms with Crippen molar-refractivity contribution in [1.29, 1.82) is 0 Å². The van der Waals surface area contributed by atoms with Crippen molar-refractivity contribution in [2.45, 2.75) is 54.4 Å². The summed E-state index contributed by atoms with van der Waals surface area (Å²) in [6.45, 7) is 19.8. The lowest BCUT2D eigenvalue weighted by Crippen LogP contribution is -2.07. The summed E-state index contributed by atoms with van der Waals surface area (Å²) < 4.78 is 15.7. The molecule has 0 bridgehead atoms.